The molecule has 7 heteroatoms. The van der Waals surface area contributed by atoms with Gasteiger partial charge in [0.15, 0.2) is 5.96 Å². The lowest BCUT2D eigenvalue weighted by Crippen LogP contribution is -2.47. The molecule has 0 aliphatic carbocycles. The second kappa shape index (κ2) is 9.76. The summed E-state index contributed by atoms with van der Waals surface area (Å²) in [4.78, 5) is 11.0. The highest BCUT2D eigenvalue weighted by Crippen LogP contribution is 2.07. The molecule has 1 atom stereocenters. The number of halogens is 1. The molecular formula is C18H26IN5O. The third-order valence-corrected chi connectivity index (χ3v) is 4.23. The van der Waals surface area contributed by atoms with Crippen LogP contribution in [0.1, 0.15) is 18.3 Å². The van der Waals surface area contributed by atoms with E-state index in [9.17, 15) is 0 Å². The van der Waals surface area contributed by atoms with Gasteiger partial charge in [0.2, 0.25) is 0 Å². The standard InChI is InChI=1S/C18H25N5O.HI/c1-15-14-23(11-12-24-15)18(19)21-13-17-20-8-10-22(17)9-7-16-5-3-2-4-6-16;/h2-6,8,10,15H,7,9,11-14H2,1H3,(H2,19,21);1H. The maximum absolute atomic E-state index is 6.13. The fourth-order valence-electron chi connectivity index (χ4n) is 2.87. The Balaban J connectivity index is 0.00000225. The van der Waals surface area contributed by atoms with Crippen LogP contribution >= 0.6 is 24.0 Å². The zero-order valence-corrected chi connectivity index (χ0v) is 16.9. The van der Waals surface area contributed by atoms with E-state index in [1.165, 1.54) is 5.56 Å². The van der Waals surface area contributed by atoms with Crippen LogP contribution < -0.4 is 5.73 Å². The van der Waals surface area contributed by atoms with Gasteiger partial charge >= 0.3 is 0 Å². The number of aliphatic imine (C=N–C) groups is 1. The summed E-state index contributed by atoms with van der Waals surface area (Å²) in [5.74, 6) is 1.51. The smallest absolute Gasteiger partial charge is 0.191 e. The number of nitrogens with two attached hydrogens (primary N) is 1. The quantitative estimate of drug-likeness (QED) is 0.427. The summed E-state index contributed by atoms with van der Waals surface area (Å²) in [5.41, 5.74) is 7.45. The molecule has 1 aromatic carbocycles. The Kier molecular flexibility index (Phi) is 7.70. The minimum absolute atomic E-state index is 0. The molecule has 2 N–H and O–H groups in total. The van der Waals surface area contributed by atoms with E-state index in [-0.39, 0.29) is 30.1 Å². The van der Waals surface area contributed by atoms with Gasteiger partial charge in [0.1, 0.15) is 12.4 Å². The van der Waals surface area contributed by atoms with E-state index < -0.39 is 0 Å². The van der Waals surface area contributed by atoms with Gasteiger partial charge in [-0.25, -0.2) is 9.98 Å². The van der Waals surface area contributed by atoms with E-state index >= 15 is 0 Å². The van der Waals surface area contributed by atoms with Crippen molar-refractivity contribution in [3.05, 3.63) is 54.1 Å². The minimum atomic E-state index is 0. The van der Waals surface area contributed by atoms with Gasteiger partial charge in [-0.15, -0.1) is 24.0 Å². The van der Waals surface area contributed by atoms with Gasteiger partial charge in [-0.2, -0.15) is 0 Å². The molecule has 1 unspecified atom stereocenters. The number of hydrogen-bond donors (Lipinski definition) is 1. The molecular weight excluding hydrogens is 429 g/mol. The monoisotopic (exact) mass is 455 g/mol. The van der Waals surface area contributed by atoms with Crippen molar-refractivity contribution in [3.8, 4) is 0 Å². The topological polar surface area (TPSA) is 68.7 Å². The molecule has 1 saturated heterocycles. The van der Waals surface area contributed by atoms with Crippen molar-refractivity contribution in [1.82, 2.24) is 14.5 Å². The van der Waals surface area contributed by atoms with Crippen LogP contribution in [0, 0.1) is 0 Å². The molecule has 25 heavy (non-hydrogen) atoms. The van der Waals surface area contributed by atoms with Crippen molar-refractivity contribution in [2.24, 2.45) is 10.7 Å². The Morgan fingerprint density at radius 3 is 2.92 bits per heavy atom. The molecule has 0 radical (unpaired) electrons. The maximum Gasteiger partial charge on any atom is 0.191 e. The van der Waals surface area contributed by atoms with E-state index in [1.54, 1.807) is 0 Å². The number of aryl methyl sites for hydroxylation is 2. The van der Waals surface area contributed by atoms with Crippen LogP contribution in [0.15, 0.2) is 47.7 Å². The highest BCUT2D eigenvalue weighted by atomic mass is 127. The van der Waals surface area contributed by atoms with E-state index in [0.717, 1.165) is 31.9 Å². The third-order valence-electron chi connectivity index (χ3n) is 4.23. The van der Waals surface area contributed by atoms with Crippen LogP contribution in [0.4, 0.5) is 0 Å². The first-order valence-electron chi connectivity index (χ1n) is 8.43. The first kappa shape index (κ1) is 19.7. The van der Waals surface area contributed by atoms with Gasteiger partial charge in [-0.1, -0.05) is 30.3 Å². The zero-order valence-electron chi connectivity index (χ0n) is 14.5. The number of aromatic nitrogens is 2. The average molecular weight is 455 g/mol. The largest absolute Gasteiger partial charge is 0.375 e. The van der Waals surface area contributed by atoms with Gasteiger partial charge in [0.25, 0.3) is 0 Å². The van der Waals surface area contributed by atoms with Crippen LogP contribution in [0.3, 0.4) is 0 Å². The number of nitrogens with zero attached hydrogens (tertiary/aromatic N) is 4. The van der Waals surface area contributed by atoms with Crippen LogP contribution in [0.5, 0.6) is 0 Å². The second-order valence-corrected chi connectivity index (χ2v) is 6.07. The maximum atomic E-state index is 6.13. The number of morpholine rings is 1. The first-order valence-corrected chi connectivity index (χ1v) is 8.43. The Bertz CT molecular complexity index is 673. The molecule has 1 aromatic heterocycles. The van der Waals surface area contributed by atoms with Crippen LogP contribution in [0.25, 0.3) is 0 Å². The van der Waals surface area contributed by atoms with Crippen molar-refractivity contribution >= 4 is 29.9 Å². The van der Waals surface area contributed by atoms with E-state index in [0.29, 0.717) is 19.1 Å². The lowest BCUT2D eigenvalue weighted by molar-refractivity contribution is 0.00528. The molecule has 0 saturated carbocycles. The Labute approximate surface area is 166 Å². The van der Waals surface area contributed by atoms with E-state index in [4.69, 9.17) is 10.5 Å². The molecule has 1 aliphatic heterocycles. The number of ether oxygens (including phenoxy) is 1. The van der Waals surface area contributed by atoms with Crippen molar-refractivity contribution in [3.63, 3.8) is 0 Å². The molecule has 0 amide bonds. The van der Waals surface area contributed by atoms with E-state index in [2.05, 4.69) is 50.6 Å². The predicted molar refractivity (Wildman–Crippen MR) is 110 cm³/mol. The van der Waals surface area contributed by atoms with Crippen LogP contribution in [-0.2, 0) is 24.2 Å². The summed E-state index contributed by atoms with van der Waals surface area (Å²) in [6.07, 6.45) is 4.99. The highest BCUT2D eigenvalue weighted by molar-refractivity contribution is 14.0. The Hall–Kier alpha value is -1.61. The van der Waals surface area contributed by atoms with Crippen molar-refractivity contribution in [2.45, 2.75) is 32.5 Å². The fraction of sp³-hybridized carbons (Fsp3) is 0.444. The summed E-state index contributed by atoms with van der Waals surface area (Å²) in [5, 5.41) is 0. The summed E-state index contributed by atoms with van der Waals surface area (Å²) < 4.78 is 7.68. The van der Waals surface area contributed by atoms with Crippen LogP contribution in [-0.4, -0.2) is 46.2 Å². The number of imidazole rings is 1. The van der Waals surface area contributed by atoms with Crippen molar-refractivity contribution in [2.75, 3.05) is 19.7 Å². The molecule has 2 heterocycles. The number of guanidine groups is 1. The number of rotatable bonds is 5. The predicted octanol–water partition coefficient (Wildman–Crippen LogP) is 2.28. The average Bonchev–Trinajstić information content (AvgIpc) is 3.06. The molecule has 0 bridgehead atoms. The lowest BCUT2D eigenvalue weighted by Gasteiger charge is -2.31. The van der Waals surface area contributed by atoms with Crippen molar-refractivity contribution < 1.29 is 4.74 Å². The van der Waals surface area contributed by atoms with Gasteiger partial charge in [-0.3, -0.25) is 0 Å². The molecule has 1 fully saturated rings. The van der Waals surface area contributed by atoms with E-state index in [1.807, 2.05) is 18.5 Å². The molecule has 1 aliphatic rings. The summed E-state index contributed by atoms with van der Waals surface area (Å²) in [6, 6.07) is 10.5. The highest BCUT2D eigenvalue weighted by Gasteiger charge is 2.18. The van der Waals surface area contributed by atoms with Crippen molar-refractivity contribution in [1.29, 1.82) is 0 Å². The molecule has 0 spiro atoms. The van der Waals surface area contributed by atoms with Gasteiger partial charge < -0.3 is 19.9 Å². The number of benzene rings is 1. The fourth-order valence-corrected chi connectivity index (χ4v) is 2.87. The van der Waals surface area contributed by atoms with Crippen LogP contribution in [0.2, 0.25) is 0 Å². The minimum Gasteiger partial charge on any atom is -0.375 e. The van der Waals surface area contributed by atoms with Gasteiger partial charge in [0, 0.05) is 32.0 Å². The molecule has 6 nitrogen and oxygen atoms in total. The summed E-state index contributed by atoms with van der Waals surface area (Å²) >= 11 is 0. The molecule has 2 aromatic rings. The summed E-state index contributed by atoms with van der Waals surface area (Å²) in [6.45, 7) is 5.72. The molecule has 3 rings (SSSR count). The molecule has 136 valence electrons. The zero-order chi connectivity index (χ0) is 16.8. The Morgan fingerprint density at radius 2 is 2.16 bits per heavy atom. The summed E-state index contributed by atoms with van der Waals surface area (Å²) in [7, 11) is 0. The SMILES string of the molecule is CC1CN(C(N)=NCc2nccn2CCc2ccccc2)CCO1.I. The first-order chi connectivity index (χ1) is 11.7. The van der Waals surface area contributed by atoms with Gasteiger partial charge in [0.05, 0.1) is 12.7 Å². The van der Waals surface area contributed by atoms with Gasteiger partial charge in [-0.05, 0) is 18.9 Å². The second-order valence-electron chi connectivity index (χ2n) is 6.07. The lowest BCUT2D eigenvalue weighted by atomic mass is 10.1. The third kappa shape index (κ3) is 5.71. The Morgan fingerprint density at radius 1 is 1.36 bits per heavy atom. The number of hydrogen-bond acceptors (Lipinski definition) is 3. The normalized spacial score (nSPS) is 18.0.